The molecule has 2 heterocycles. The number of Topliss-reactive ketones (excluding diaryl/α,β-unsaturated/α-hetero) is 1. The SMILES string of the molecule is N#CC(C(=O)c1cccs1)c1nc2ccccc2s1. The molecule has 3 rings (SSSR count). The topological polar surface area (TPSA) is 53.8 Å². The molecule has 1 unspecified atom stereocenters. The molecule has 0 aliphatic rings. The number of nitrogens with zero attached hydrogens (tertiary/aromatic N) is 2. The highest BCUT2D eigenvalue weighted by atomic mass is 32.1. The van der Waals surface area contributed by atoms with Crippen molar-refractivity contribution < 1.29 is 4.79 Å². The fourth-order valence-electron chi connectivity index (χ4n) is 1.80. The van der Waals surface area contributed by atoms with Crippen molar-refractivity contribution >= 4 is 38.7 Å². The van der Waals surface area contributed by atoms with Crippen molar-refractivity contribution in [1.29, 1.82) is 5.26 Å². The van der Waals surface area contributed by atoms with Gasteiger partial charge in [0.15, 0.2) is 11.7 Å². The standard InChI is InChI=1S/C14H8N2OS2/c15-8-9(13(17)12-6-3-7-18-12)14-16-10-4-1-2-5-11(10)19-14/h1-7,9H. The molecule has 0 radical (unpaired) electrons. The van der Waals surface area contributed by atoms with Gasteiger partial charge in [-0.25, -0.2) is 4.98 Å². The van der Waals surface area contributed by atoms with Crippen molar-refractivity contribution in [1.82, 2.24) is 4.98 Å². The Labute approximate surface area is 117 Å². The van der Waals surface area contributed by atoms with Crippen LogP contribution in [0.1, 0.15) is 20.6 Å². The maximum atomic E-state index is 12.3. The predicted octanol–water partition coefficient (Wildman–Crippen LogP) is 3.85. The van der Waals surface area contributed by atoms with Gasteiger partial charge in [0.25, 0.3) is 0 Å². The zero-order valence-electron chi connectivity index (χ0n) is 9.74. The average Bonchev–Trinajstić information content (AvgIpc) is 3.08. The number of hydrogen-bond donors (Lipinski definition) is 0. The number of thiophene rings is 1. The second-order valence-electron chi connectivity index (χ2n) is 3.92. The largest absolute Gasteiger partial charge is 0.291 e. The van der Waals surface area contributed by atoms with Crippen LogP contribution < -0.4 is 0 Å². The van der Waals surface area contributed by atoms with Crippen molar-refractivity contribution in [3.05, 3.63) is 51.7 Å². The smallest absolute Gasteiger partial charge is 0.196 e. The Hall–Kier alpha value is -2.03. The molecule has 0 N–H and O–H groups in total. The number of ketones is 1. The summed E-state index contributed by atoms with van der Waals surface area (Å²) in [6.07, 6.45) is 0. The molecule has 0 saturated heterocycles. The second-order valence-corrected chi connectivity index (χ2v) is 5.93. The van der Waals surface area contributed by atoms with Gasteiger partial charge >= 0.3 is 0 Å². The van der Waals surface area contributed by atoms with Gasteiger partial charge in [-0.3, -0.25) is 4.79 Å². The van der Waals surface area contributed by atoms with Crippen LogP contribution in [0.25, 0.3) is 10.2 Å². The number of para-hydroxylation sites is 1. The molecular weight excluding hydrogens is 276 g/mol. The summed E-state index contributed by atoms with van der Waals surface area (Å²) >= 11 is 2.76. The summed E-state index contributed by atoms with van der Waals surface area (Å²) < 4.78 is 0.997. The number of aromatic nitrogens is 1. The molecule has 0 amide bonds. The monoisotopic (exact) mass is 284 g/mol. The normalized spacial score (nSPS) is 12.2. The quantitative estimate of drug-likeness (QED) is 0.686. The number of carbonyl (C=O) groups is 1. The Kier molecular flexibility index (Phi) is 3.11. The van der Waals surface area contributed by atoms with Gasteiger partial charge in [-0.05, 0) is 23.6 Å². The number of thiazole rings is 1. The number of carbonyl (C=O) groups excluding carboxylic acids is 1. The molecule has 1 atom stereocenters. The Bertz CT molecular complexity index is 735. The first-order valence-electron chi connectivity index (χ1n) is 5.62. The van der Waals surface area contributed by atoms with Crippen molar-refractivity contribution in [2.75, 3.05) is 0 Å². The lowest BCUT2D eigenvalue weighted by molar-refractivity contribution is 0.0983. The Balaban J connectivity index is 2.03. The summed E-state index contributed by atoms with van der Waals surface area (Å²) in [6.45, 7) is 0. The summed E-state index contributed by atoms with van der Waals surface area (Å²) in [4.78, 5) is 17.3. The van der Waals surface area contributed by atoms with Crippen LogP contribution in [0.2, 0.25) is 0 Å². The number of benzene rings is 1. The lowest BCUT2D eigenvalue weighted by atomic mass is 10.1. The molecule has 0 saturated carbocycles. The lowest BCUT2D eigenvalue weighted by Gasteiger charge is -2.01. The van der Waals surface area contributed by atoms with E-state index >= 15 is 0 Å². The van der Waals surface area contributed by atoms with E-state index in [2.05, 4.69) is 11.1 Å². The molecule has 0 bridgehead atoms. The number of nitriles is 1. The zero-order valence-corrected chi connectivity index (χ0v) is 11.4. The molecule has 3 aromatic rings. The molecule has 3 nitrogen and oxygen atoms in total. The average molecular weight is 284 g/mol. The minimum absolute atomic E-state index is 0.170. The molecule has 2 aromatic heterocycles. The van der Waals surface area contributed by atoms with E-state index in [-0.39, 0.29) is 5.78 Å². The molecule has 0 spiro atoms. The Morgan fingerprint density at radius 3 is 2.79 bits per heavy atom. The van der Waals surface area contributed by atoms with Crippen LogP contribution in [0.5, 0.6) is 0 Å². The molecule has 0 aliphatic heterocycles. The molecule has 0 aliphatic carbocycles. The van der Waals surface area contributed by atoms with E-state index in [0.29, 0.717) is 9.88 Å². The molecule has 92 valence electrons. The lowest BCUT2D eigenvalue weighted by Crippen LogP contribution is -2.09. The third-order valence-corrected chi connectivity index (χ3v) is 4.70. The molecular formula is C14H8N2OS2. The molecule has 0 fully saturated rings. The maximum Gasteiger partial charge on any atom is 0.196 e. The van der Waals surface area contributed by atoms with E-state index < -0.39 is 5.92 Å². The first-order chi connectivity index (χ1) is 9.29. The highest BCUT2D eigenvalue weighted by Crippen LogP contribution is 2.30. The van der Waals surface area contributed by atoms with Gasteiger partial charge in [-0.15, -0.1) is 22.7 Å². The van der Waals surface area contributed by atoms with Gasteiger partial charge in [0.1, 0.15) is 5.01 Å². The summed E-state index contributed by atoms with van der Waals surface area (Å²) in [5, 5.41) is 11.7. The highest BCUT2D eigenvalue weighted by molar-refractivity contribution is 7.19. The van der Waals surface area contributed by atoms with E-state index in [9.17, 15) is 10.1 Å². The van der Waals surface area contributed by atoms with E-state index in [1.165, 1.54) is 22.7 Å². The fourth-order valence-corrected chi connectivity index (χ4v) is 3.51. The third-order valence-electron chi connectivity index (χ3n) is 2.71. The Morgan fingerprint density at radius 1 is 1.26 bits per heavy atom. The van der Waals surface area contributed by atoms with Crippen LogP contribution in [0.15, 0.2) is 41.8 Å². The number of rotatable bonds is 3. The van der Waals surface area contributed by atoms with Crippen LogP contribution >= 0.6 is 22.7 Å². The van der Waals surface area contributed by atoms with Crippen LogP contribution in [-0.2, 0) is 0 Å². The van der Waals surface area contributed by atoms with Crippen LogP contribution in [0.4, 0.5) is 0 Å². The summed E-state index contributed by atoms with van der Waals surface area (Å²) in [5.41, 5.74) is 0.835. The van der Waals surface area contributed by atoms with Gasteiger partial charge in [-0.1, -0.05) is 18.2 Å². The van der Waals surface area contributed by atoms with Crippen LogP contribution in [0.3, 0.4) is 0 Å². The van der Waals surface area contributed by atoms with Crippen LogP contribution in [0, 0.1) is 11.3 Å². The zero-order chi connectivity index (χ0) is 13.2. The van der Waals surface area contributed by atoms with E-state index in [4.69, 9.17) is 0 Å². The second kappa shape index (κ2) is 4.92. The minimum atomic E-state index is -0.809. The first-order valence-corrected chi connectivity index (χ1v) is 7.32. The summed E-state index contributed by atoms with van der Waals surface area (Å²) in [5.74, 6) is -0.979. The van der Waals surface area contributed by atoms with Crippen LogP contribution in [-0.4, -0.2) is 10.8 Å². The maximum absolute atomic E-state index is 12.3. The number of fused-ring (bicyclic) bond motifs is 1. The predicted molar refractivity (Wildman–Crippen MR) is 76.6 cm³/mol. The highest BCUT2D eigenvalue weighted by Gasteiger charge is 2.25. The van der Waals surface area contributed by atoms with Gasteiger partial charge in [0.05, 0.1) is 21.2 Å². The molecule has 5 heteroatoms. The van der Waals surface area contributed by atoms with Crippen molar-refractivity contribution in [2.24, 2.45) is 0 Å². The van der Waals surface area contributed by atoms with Gasteiger partial charge < -0.3 is 0 Å². The number of hydrogen-bond acceptors (Lipinski definition) is 5. The van der Waals surface area contributed by atoms with Gasteiger partial charge in [0, 0.05) is 0 Å². The van der Waals surface area contributed by atoms with Gasteiger partial charge in [0.2, 0.25) is 0 Å². The summed E-state index contributed by atoms with van der Waals surface area (Å²) in [7, 11) is 0. The fraction of sp³-hybridized carbons (Fsp3) is 0.0714. The van der Waals surface area contributed by atoms with E-state index in [1.807, 2.05) is 35.7 Å². The molecule has 1 aromatic carbocycles. The van der Waals surface area contributed by atoms with Crippen molar-refractivity contribution in [3.8, 4) is 6.07 Å². The van der Waals surface area contributed by atoms with Crippen molar-refractivity contribution in [3.63, 3.8) is 0 Å². The van der Waals surface area contributed by atoms with E-state index in [0.717, 1.165) is 10.2 Å². The van der Waals surface area contributed by atoms with Crippen molar-refractivity contribution in [2.45, 2.75) is 5.92 Å². The first kappa shape index (κ1) is 12.0. The molecule has 19 heavy (non-hydrogen) atoms. The summed E-state index contributed by atoms with van der Waals surface area (Å²) in [6, 6.07) is 13.3. The minimum Gasteiger partial charge on any atom is -0.291 e. The third kappa shape index (κ3) is 2.16. The van der Waals surface area contributed by atoms with E-state index in [1.54, 1.807) is 6.07 Å². The van der Waals surface area contributed by atoms with Gasteiger partial charge in [-0.2, -0.15) is 5.26 Å². The Morgan fingerprint density at radius 2 is 2.11 bits per heavy atom.